The molecule has 3 heteroatoms. The SMILES string of the molecule is COc1ccc(CC2Oc3ccccc3O2)cc1. The fraction of sp³-hybridized carbons (Fsp3) is 0.200. The molecule has 0 atom stereocenters. The van der Waals surface area contributed by atoms with Crippen molar-refractivity contribution in [1.29, 1.82) is 0 Å². The van der Waals surface area contributed by atoms with Crippen molar-refractivity contribution in [2.75, 3.05) is 7.11 Å². The molecular formula is C15H14O3. The van der Waals surface area contributed by atoms with Crippen LogP contribution < -0.4 is 14.2 Å². The molecule has 1 aliphatic heterocycles. The summed E-state index contributed by atoms with van der Waals surface area (Å²) < 4.78 is 16.6. The predicted molar refractivity (Wildman–Crippen MR) is 68.2 cm³/mol. The van der Waals surface area contributed by atoms with Crippen LogP contribution in [0.2, 0.25) is 0 Å². The summed E-state index contributed by atoms with van der Waals surface area (Å²) in [4.78, 5) is 0. The van der Waals surface area contributed by atoms with E-state index >= 15 is 0 Å². The summed E-state index contributed by atoms with van der Waals surface area (Å²) in [7, 11) is 1.66. The smallest absolute Gasteiger partial charge is 0.245 e. The quantitative estimate of drug-likeness (QED) is 0.828. The van der Waals surface area contributed by atoms with Crippen LogP contribution >= 0.6 is 0 Å². The molecule has 0 bridgehead atoms. The van der Waals surface area contributed by atoms with Gasteiger partial charge in [0.2, 0.25) is 6.29 Å². The van der Waals surface area contributed by atoms with Crippen LogP contribution in [0, 0.1) is 0 Å². The summed E-state index contributed by atoms with van der Waals surface area (Å²) in [5.41, 5.74) is 1.16. The molecule has 0 unspecified atom stereocenters. The Morgan fingerprint density at radius 2 is 1.56 bits per heavy atom. The van der Waals surface area contributed by atoms with E-state index < -0.39 is 0 Å². The van der Waals surface area contributed by atoms with Crippen LogP contribution in [-0.2, 0) is 6.42 Å². The number of hydrogen-bond acceptors (Lipinski definition) is 3. The number of rotatable bonds is 3. The lowest BCUT2D eigenvalue weighted by Crippen LogP contribution is -2.20. The molecule has 0 saturated carbocycles. The standard InChI is InChI=1S/C15H14O3/c1-16-12-8-6-11(7-9-12)10-15-17-13-4-2-3-5-14(13)18-15/h2-9,15H,10H2,1H3. The molecule has 92 valence electrons. The molecule has 1 aliphatic rings. The van der Waals surface area contributed by atoms with Gasteiger partial charge in [0.05, 0.1) is 7.11 Å². The zero-order valence-corrected chi connectivity index (χ0v) is 10.1. The maximum atomic E-state index is 5.71. The predicted octanol–water partition coefficient (Wildman–Crippen LogP) is 3.04. The van der Waals surface area contributed by atoms with Crippen LogP contribution in [0.5, 0.6) is 17.2 Å². The van der Waals surface area contributed by atoms with Gasteiger partial charge in [0, 0.05) is 6.42 Å². The third-order valence-electron chi connectivity index (χ3n) is 2.93. The summed E-state index contributed by atoms with van der Waals surface area (Å²) in [6.45, 7) is 0. The Kier molecular flexibility index (Phi) is 2.81. The summed E-state index contributed by atoms with van der Waals surface area (Å²) in [5.74, 6) is 2.49. The minimum Gasteiger partial charge on any atom is -0.497 e. The molecule has 0 amide bonds. The van der Waals surface area contributed by atoms with E-state index in [9.17, 15) is 0 Å². The Hall–Kier alpha value is -2.16. The minimum atomic E-state index is -0.240. The maximum absolute atomic E-state index is 5.71. The first-order valence-corrected chi connectivity index (χ1v) is 5.90. The first-order valence-electron chi connectivity index (χ1n) is 5.90. The lowest BCUT2D eigenvalue weighted by Gasteiger charge is -2.10. The van der Waals surface area contributed by atoms with E-state index in [1.54, 1.807) is 7.11 Å². The molecule has 0 N–H and O–H groups in total. The normalized spacial score (nSPS) is 13.6. The van der Waals surface area contributed by atoms with Crippen molar-refractivity contribution in [2.24, 2.45) is 0 Å². The number of ether oxygens (including phenoxy) is 3. The molecule has 2 aromatic rings. The third-order valence-corrected chi connectivity index (χ3v) is 2.93. The molecule has 0 saturated heterocycles. The lowest BCUT2D eigenvalue weighted by atomic mass is 10.1. The van der Waals surface area contributed by atoms with Gasteiger partial charge in [0.25, 0.3) is 0 Å². The molecule has 18 heavy (non-hydrogen) atoms. The van der Waals surface area contributed by atoms with Crippen molar-refractivity contribution in [2.45, 2.75) is 12.7 Å². The highest BCUT2D eigenvalue weighted by molar-refractivity contribution is 5.42. The van der Waals surface area contributed by atoms with Gasteiger partial charge >= 0.3 is 0 Å². The number of hydrogen-bond donors (Lipinski definition) is 0. The van der Waals surface area contributed by atoms with E-state index in [-0.39, 0.29) is 6.29 Å². The fourth-order valence-electron chi connectivity index (χ4n) is 1.99. The average Bonchev–Trinajstić information content (AvgIpc) is 2.82. The van der Waals surface area contributed by atoms with Gasteiger partial charge in [-0.1, -0.05) is 24.3 Å². The second-order valence-corrected chi connectivity index (χ2v) is 4.16. The lowest BCUT2D eigenvalue weighted by molar-refractivity contribution is 0.0502. The van der Waals surface area contributed by atoms with E-state index in [0.717, 1.165) is 29.2 Å². The molecule has 2 aromatic carbocycles. The largest absolute Gasteiger partial charge is 0.497 e. The highest BCUT2D eigenvalue weighted by Crippen LogP contribution is 2.34. The Morgan fingerprint density at radius 3 is 2.11 bits per heavy atom. The van der Waals surface area contributed by atoms with Gasteiger partial charge in [-0.05, 0) is 29.8 Å². The van der Waals surface area contributed by atoms with Gasteiger partial charge in [-0.2, -0.15) is 0 Å². The first-order chi connectivity index (χ1) is 8.85. The zero-order chi connectivity index (χ0) is 12.4. The molecule has 0 aliphatic carbocycles. The Labute approximate surface area is 106 Å². The maximum Gasteiger partial charge on any atom is 0.245 e. The molecule has 3 rings (SSSR count). The van der Waals surface area contributed by atoms with Gasteiger partial charge in [-0.3, -0.25) is 0 Å². The number of benzene rings is 2. The molecule has 0 spiro atoms. The number of para-hydroxylation sites is 2. The van der Waals surface area contributed by atoms with Crippen molar-refractivity contribution in [3.05, 3.63) is 54.1 Å². The fourth-order valence-corrected chi connectivity index (χ4v) is 1.99. The van der Waals surface area contributed by atoms with Gasteiger partial charge < -0.3 is 14.2 Å². The molecule has 0 aromatic heterocycles. The number of fused-ring (bicyclic) bond motifs is 1. The van der Waals surface area contributed by atoms with Crippen molar-refractivity contribution in [1.82, 2.24) is 0 Å². The van der Waals surface area contributed by atoms with Gasteiger partial charge in [-0.25, -0.2) is 0 Å². The number of methoxy groups -OCH3 is 1. The summed E-state index contributed by atoms with van der Waals surface area (Å²) >= 11 is 0. The van der Waals surface area contributed by atoms with Crippen LogP contribution in [0.4, 0.5) is 0 Å². The monoisotopic (exact) mass is 242 g/mol. The summed E-state index contributed by atoms with van der Waals surface area (Å²) in [6.07, 6.45) is 0.481. The van der Waals surface area contributed by atoms with Gasteiger partial charge in [0.15, 0.2) is 11.5 Å². The zero-order valence-electron chi connectivity index (χ0n) is 10.1. The van der Waals surface area contributed by atoms with Crippen LogP contribution in [-0.4, -0.2) is 13.4 Å². The summed E-state index contributed by atoms with van der Waals surface area (Å²) in [6, 6.07) is 15.7. The highest BCUT2D eigenvalue weighted by atomic mass is 16.7. The third kappa shape index (κ3) is 2.12. The van der Waals surface area contributed by atoms with E-state index in [2.05, 4.69) is 0 Å². The Morgan fingerprint density at radius 1 is 0.944 bits per heavy atom. The van der Waals surface area contributed by atoms with Crippen LogP contribution in [0.3, 0.4) is 0 Å². The van der Waals surface area contributed by atoms with Crippen LogP contribution in [0.15, 0.2) is 48.5 Å². The minimum absolute atomic E-state index is 0.240. The molecule has 3 nitrogen and oxygen atoms in total. The molecule has 0 fully saturated rings. The highest BCUT2D eigenvalue weighted by Gasteiger charge is 2.23. The topological polar surface area (TPSA) is 27.7 Å². The Bertz CT molecular complexity index is 509. The average molecular weight is 242 g/mol. The van der Waals surface area contributed by atoms with E-state index in [1.165, 1.54) is 0 Å². The van der Waals surface area contributed by atoms with Crippen LogP contribution in [0.1, 0.15) is 5.56 Å². The summed E-state index contributed by atoms with van der Waals surface area (Å²) in [5, 5.41) is 0. The van der Waals surface area contributed by atoms with Crippen molar-refractivity contribution >= 4 is 0 Å². The molecule has 1 heterocycles. The van der Waals surface area contributed by atoms with Crippen LogP contribution in [0.25, 0.3) is 0 Å². The van der Waals surface area contributed by atoms with Crippen molar-refractivity contribution in [3.8, 4) is 17.2 Å². The van der Waals surface area contributed by atoms with E-state index in [0.29, 0.717) is 0 Å². The molecular weight excluding hydrogens is 228 g/mol. The van der Waals surface area contributed by atoms with E-state index in [1.807, 2.05) is 48.5 Å². The first kappa shape index (κ1) is 11.0. The van der Waals surface area contributed by atoms with Crippen molar-refractivity contribution in [3.63, 3.8) is 0 Å². The molecule has 0 radical (unpaired) electrons. The van der Waals surface area contributed by atoms with Gasteiger partial charge in [0.1, 0.15) is 5.75 Å². The van der Waals surface area contributed by atoms with Crippen molar-refractivity contribution < 1.29 is 14.2 Å². The Balaban J connectivity index is 1.68. The second kappa shape index (κ2) is 4.61. The van der Waals surface area contributed by atoms with E-state index in [4.69, 9.17) is 14.2 Å². The van der Waals surface area contributed by atoms with Gasteiger partial charge in [-0.15, -0.1) is 0 Å². The second-order valence-electron chi connectivity index (χ2n) is 4.16.